The lowest BCUT2D eigenvalue weighted by Gasteiger charge is -2.10. The van der Waals surface area contributed by atoms with Gasteiger partial charge in [0.15, 0.2) is 12.2 Å². The van der Waals surface area contributed by atoms with Crippen molar-refractivity contribution >= 4 is 35.2 Å². The van der Waals surface area contributed by atoms with E-state index in [-0.39, 0.29) is 35.8 Å². The number of carbonyl (C=O) groups is 3. The number of aromatic carboxylic acids is 1. The minimum Gasteiger partial charge on any atom is -0.477 e. The van der Waals surface area contributed by atoms with Crippen LogP contribution in [0.25, 0.3) is 5.69 Å². The fraction of sp³-hybridized carbons (Fsp3) is 0.250. The third-order valence-corrected chi connectivity index (χ3v) is 5.67. The highest BCUT2D eigenvalue weighted by molar-refractivity contribution is 6.30. The van der Waals surface area contributed by atoms with Gasteiger partial charge in [-0.05, 0) is 55.2 Å². The molecule has 0 radical (unpaired) electrons. The van der Waals surface area contributed by atoms with E-state index in [9.17, 15) is 19.5 Å². The predicted octanol–water partition coefficient (Wildman–Crippen LogP) is 2.70. The number of carboxylic acids is 1. The minimum atomic E-state index is -1.36. The van der Waals surface area contributed by atoms with Gasteiger partial charge >= 0.3 is 5.97 Å². The first-order valence-electron chi connectivity index (χ1n) is 10.9. The molecule has 3 aromatic rings. The number of nitrogens with zero attached hydrogens (tertiary/aromatic N) is 2. The molecule has 1 saturated carbocycles. The summed E-state index contributed by atoms with van der Waals surface area (Å²) < 4.78 is 6.62. The van der Waals surface area contributed by atoms with E-state index in [1.165, 1.54) is 4.68 Å². The van der Waals surface area contributed by atoms with E-state index in [1.54, 1.807) is 49.4 Å². The van der Waals surface area contributed by atoms with Crippen LogP contribution in [-0.2, 0) is 11.3 Å². The van der Waals surface area contributed by atoms with Crippen LogP contribution < -0.4 is 21.1 Å². The van der Waals surface area contributed by atoms with Gasteiger partial charge < -0.3 is 26.2 Å². The zero-order valence-corrected chi connectivity index (χ0v) is 19.6. The second kappa shape index (κ2) is 10.1. The smallest absolute Gasteiger partial charge is 0.345 e. The van der Waals surface area contributed by atoms with Crippen LogP contribution in [0.15, 0.2) is 42.5 Å². The summed E-state index contributed by atoms with van der Waals surface area (Å²) in [5, 5.41) is 20.0. The number of anilines is 1. The van der Waals surface area contributed by atoms with Crippen molar-refractivity contribution in [3.63, 3.8) is 0 Å². The lowest BCUT2D eigenvalue weighted by Crippen LogP contribution is -2.28. The lowest BCUT2D eigenvalue weighted by atomic mass is 10.1. The first-order valence-corrected chi connectivity index (χ1v) is 11.3. The molecule has 0 unspecified atom stereocenters. The largest absolute Gasteiger partial charge is 0.477 e. The Morgan fingerprint density at radius 2 is 2.00 bits per heavy atom. The number of hydrogen-bond donors (Lipinski definition) is 4. The van der Waals surface area contributed by atoms with Crippen molar-refractivity contribution in [1.29, 1.82) is 0 Å². The van der Waals surface area contributed by atoms with Crippen LogP contribution >= 0.6 is 11.6 Å². The van der Waals surface area contributed by atoms with Gasteiger partial charge in [-0.2, -0.15) is 0 Å². The molecule has 1 fully saturated rings. The number of nitrogens with one attached hydrogen (secondary N) is 2. The molecule has 4 rings (SSSR count). The number of aryl methyl sites for hydroxylation is 1. The zero-order chi connectivity index (χ0) is 25.1. The maximum Gasteiger partial charge on any atom is 0.345 e. The number of halogens is 1. The van der Waals surface area contributed by atoms with Crippen molar-refractivity contribution in [2.45, 2.75) is 32.4 Å². The van der Waals surface area contributed by atoms with Crippen LogP contribution in [0.1, 0.15) is 44.7 Å². The Morgan fingerprint density at radius 1 is 1.23 bits per heavy atom. The highest BCUT2D eigenvalue weighted by atomic mass is 35.5. The molecule has 0 spiro atoms. The van der Waals surface area contributed by atoms with Gasteiger partial charge in [-0.3, -0.25) is 9.59 Å². The molecule has 5 N–H and O–H groups in total. The molecule has 1 heterocycles. The quantitative estimate of drug-likeness (QED) is 0.355. The van der Waals surface area contributed by atoms with Crippen LogP contribution in [0.4, 0.5) is 5.82 Å². The number of nitrogen functional groups attached to an aromatic ring is 1. The Morgan fingerprint density at radius 3 is 2.69 bits per heavy atom. The van der Waals surface area contributed by atoms with Gasteiger partial charge in [0.05, 0.1) is 5.69 Å². The molecule has 2 aromatic carbocycles. The molecule has 35 heavy (non-hydrogen) atoms. The number of nitrogens with two attached hydrogens (primary N) is 1. The van der Waals surface area contributed by atoms with E-state index in [0.29, 0.717) is 21.8 Å². The summed E-state index contributed by atoms with van der Waals surface area (Å²) in [7, 11) is 0. The Kier molecular flexibility index (Phi) is 6.92. The maximum atomic E-state index is 12.5. The third-order valence-electron chi connectivity index (χ3n) is 5.43. The van der Waals surface area contributed by atoms with Crippen molar-refractivity contribution in [3.8, 4) is 11.6 Å². The van der Waals surface area contributed by atoms with Gasteiger partial charge in [0.1, 0.15) is 5.82 Å². The minimum absolute atomic E-state index is 0.185. The van der Waals surface area contributed by atoms with Crippen LogP contribution in [0.3, 0.4) is 0 Å². The second-order valence-corrected chi connectivity index (χ2v) is 8.66. The molecule has 182 valence electrons. The van der Waals surface area contributed by atoms with E-state index in [2.05, 4.69) is 15.7 Å². The molecular weight excluding hydrogens is 474 g/mol. The molecule has 1 aliphatic carbocycles. The van der Waals surface area contributed by atoms with Gasteiger partial charge in [0, 0.05) is 23.2 Å². The highest BCUT2D eigenvalue weighted by Gasteiger charge is 2.27. The van der Waals surface area contributed by atoms with Crippen molar-refractivity contribution in [3.05, 3.63) is 69.7 Å². The summed E-state index contributed by atoms with van der Waals surface area (Å²) in [6.07, 6.45) is 1.90. The van der Waals surface area contributed by atoms with Crippen LogP contribution in [0, 0.1) is 6.92 Å². The molecule has 1 aliphatic rings. The van der Waals surface area contributed by atoms with Crippen LogP contribution in [-0.4, -0.2) is 45.3 Å². The second-order valence-electron chi connectivity index (χ2n) is 8.23. The Labute approximate surface area is 206 Å². The number of rotatable bonds is 9. The molecule has 0 atom stereocenters. The fourth-order valence-electron chi connectivity index (χ4n) is 3.40. The summed E-state index contributed by atoms with van der Waals surface area (Å²) in [5.41, 5.74) is 8.06. The number of carbonyl (C=O) groups excluding carboxylic acids is 2. The van der Waals surface area contributed by atoms with Gasteiger partial charge in [-0.25, -0.2) is 9.48 Å². The maximum absolute atomic E-state index is 12.5. The van der Waals surface area contributed by atoms with Crippen molar-refractivity contribution in [2.24, 2.45) is 0 Å². The van der Waals surface area contributed by atoms with Gasteiger partial charge in [0.25, 0.3) is 17.7 Å². The predicted molar refractivity (Wildman–Crippen MR) is 129 cm³/mol. The van der Waals surface area contributed by atoms with Crippen LogP contribution in [0.5, 0.6) is 5.88 Å². The average molecular weight is 498 g/mol. The van der Waals surface area contributed by atoms with E-state index >= 15 is 0 Å². The Balaban J connectivity index is 1.52. The number of amides is 2. The first kappa shape index (κ1) is 24.1. The normalized spacial score (nSPS) is 12.7. The molecule has 11 heteroatoms. The molecule has 0 bridgehead atoms. The van der Waals surface area contributed by atoms with E-state index in [0.717, 1.165) is 18.4 Å². The Hall–Kier alpha value is -4.05. The molecule has 2 amide bonds. The molecule has 0 aliphatic heterocycles. The highest BCUT2D eigenvalue weighted by Crippen LogP contribution is 2.29. The van der Waals surface area contributed by atoms with E-state index in [1.807, 2.05) is 0 Å². The summed E-state index contributed by atoms with van der Waals surface area (Å²) in [5.74, 6) is -2.56. The van der Waals surface area contributed by atoms with Gasteiger partial charge in [0.2, 0.25) is 0 Å². The third kappa shape index (κ3) is 5.72. The van der Waals surface area contributed by atoms with Crippen molar-refractivity contribution < 1.29 is 24.2 Å². The standard InChI is InChI=1S/C24H24ClN5O5/c1-13-5-6-15(22(32)28-17-7-8-17)10-18(13)30-21(26)20(24(33)34)23(29-30)35-12-19(31)27-11-14-3-2-4-16(25)9-14/h2-6,9-10,17H,7-8,11-12,26H2,1H3,(H,27,31)(H,28,32)(H,33,34). The van der Waals surface area contributed by atoms with E-state index in [4.69, 9.17) is 22.1 Å². The lowest BCUT2D eigenvalue weighted by molar-refractivity contribution is -0.123. The molecule has 1 aromatic heterocycles. The summed E-state index contributed by atoms with van der Waals surface area (Å²) in [4.78, 5) is 36.6. The van der Waals surface area contributed by atoms with Gasteiger partial charge in [-0.15, -0.1) is 5.10 Å². The summed E-state index contributed by atoms with van der Waals surface area (Å²) in [6, 6.07) is 12.2. The SMILES string of the molecule is Cc1ccc(C(=O)NC2CC2)cc1-n1nc(OCC(=O)NCc2cccc(Cl)c2)c(C(=O)O)c1N. The molecular formula is C24H24ClN5O5. The number of carboxylic acid groups (broad SMARTS) is 1. The Bertz CT molecular complexity index is 1300. The topological polar surface area (TPSA) is 149 Å². The van der Waals surface area contributed by atoms with E-state index < -0.39 is 18.5 Å². The number of ether oxygens (including phenoxy) is 1. The number of benzene rings is 2. The zero-order valence-electron chi connectivity index (χ0n) is 18.9. The van der Waals surface area contributed by atoms with Crippen molar-refractivity contribution in [2.75, 3.05) is 12.3 Å². The fourth-order valence-corrected chi connectivity index (χ4v) is 3.62. The summed E-state index contributed by atoms with van der Waals surface area (Å²) in [6.45, 7) is 1.53. The average Bonchev–Trinajstić information content (AvgIpc) is 3.57. The summed E-state index contributed by atoms with van der Waals surface area (Å²) >= 11 is 5.94. The molecule has 0 saturated heterocycles. The van der Waals surface area contributed by atoms with Gasteiger partial charge in [-0.1, -0.05) is 29.8 Å². The monoisotopic (exact) mass is 497 g/mol. The van der Waals surface area contributed by atoms with Crippen LogP contribution in [0.2, 0.25) is 5.02 Å². The number of aromatic nitrogens is 2. The molecule has 10 nitrogen and oxygen atoms in total. The number of hydrogen-bond acceptors (Lipinski definition) is 6. The van der Waals surface area contributed by atoms with Crippen molar-refractivity contribution in [1.82, 2.24) is 20.4 Å². The first-order chi connectivity index (χ1) is 16.7.